The molecule has 0 aliphatic heterocycles. The number of hydrogen-bond acceptors (Lipinski definition) is 2. The van der Waals surface area contributed by atoms with Crippen LogP contribution in [0.2, 0.25) is 0 Å². The van der Waals surface area contributed by atoms with Crippen LogP contribution in [0.15, 0.2) is 22.6 Å². The second-order valence-electron chi connectivity index (χ2n) is 4.19. The van der Waals surface area contributed by atoms with Crippen molar-refractivity contribution in [2.75, 3.05) is 0 Å². The van der Waals surface area contributed by atoms with Crippen LogP contribution in [0.4, 0.5) is 0 Å². The third kappa shape index (κ3) is 1.75. The zero-order valence-corrected chi connectivity index (χ0v) is 9.96. The van der Waals surface area contributed by atoms with Crippen LogP contribution in [0.3, 0.4) is 0 Å². The lowest BCUT2D eigenvalue weighted by Gasteiger charge is -1.97. The molecule has 1 aromatic carbocycles. The summed E-state index contributed by atoms with van der Waals surface area (Å²) in [5.41, 5.74) is 3.07. The van der Waals surface area contributed by atoms with Crippen molar-refractivity contribution < 1.29 is 9.21 Å². The number of ketones is 1. The lowest BCUT2D eigenvalue weighted by atomic mass is 10.1. The van der Waals surface area contributed by atoms with Crippen LogP contribution in [0.1, 0.15) is 41.9 Å². The predicted molar refractivity (Wildman–Crippen MR) is 65.0 cm³/mol. The first-order valence-corrected chi connectivity index (χ1v) is 5.66. The number of benzene rings is 1. The molecule has 0 unspecified atom stereocenters. The van der Waals surface area contributed by atoms with Gasteiger partial charge in [0.2, 0.25) is 0 Å². The first-order chi connectivity index (χ1) is 7.63. The molecule has 1 heterocycles. The van der Waals surface area contributed by atoms with Gasteiger partial charge in [-0.15, -0.1) is 0 Å². The van der Waals surface area contributed by atoms with E-state index in [2.05, 4.69) is 19.1 Å². The molecule has 0 radical (unpaired) electrons. The number of fused-ring (bicyclic) bond motifs is 1. The molecule has 84 valence electrons. The summed E-state index contributed by atoms with van der Waals surface area (Å²) in [6.07, 6.45) is 2.19. The average molecular weight is 216 g/mol. The van der Waals surface area contributed by atoms with E-state index in [1.54, 1.807) is 0 Å². The molecule has 0 spiro atoms. The first kappa shape index (κ1) is 10.9. The lowest BCUT2D eigenvalue weighted by molar-refractivity contribution is 0.0988. The van der Waals surface area contributed by atoms with Gasteiger partial charge in [0.1, 0.15) is 5.58 Å². The number of hydrogen-bond donors (Lipinski definition) is 0. The summed E-state index contributed by atoms with van der Waals surface area (Å²) in [6.45, 7) is 5.64. The second-order valence-corrected chi connectivity index (χ2v) is 4.19. The summed E-state index contributed by atoms with van der Waals surface area (Å²) in [5, 5.41) is 1.07. The van der Waals surface area contributed by atoms with Crippen molar-refractivity contribution in [2.45, 2.75) is 33.6 Å². The number of furan rings is 1. The highest BCUT2D eigenvalue weighted by atomic mass is 16.3. The van der Waals surface area contributed by atoms with Gasteiger partial charge in [-0.05, 0) is 31.0 Å². The van der Waals surface area contributed by atoms with Crippen molar-refractivity contribution in [3.8, 4) is 0 Å². The predicted octanol–water partition coefficient (Wildman–Crippen LogP) is 3.90. The lowest BCUT2D eigenvalue weighted by Crippen LogP contribution is -1.90. The molecule has 2 nitrogen and oxygen atoms in total. The Labute approximate surface area is 95.3 Å². The Balaban J connectivity index is 2.59. The van der Waals surface area contributed by atoms with Crippen molar-refractivity contribution in [1.29, 1.82) is 0 Å². The van der Waals surface area contributed by atoms with Gasteiger partial charge in [-0.3, -0.25) is 4.79 Å². The van der Waals surface area contributed by atoms with Crippen LogP contribution >= 0.6 is 0 Å². The standard InChI is InChI=1S/C14H16O2/c1-4-5-11-6-7-13-12(8-11)9(2)14(16-13)10(3)15/h6-8H,4-5H2,1-3H3. The number of carbonyl (C=O) groups is 1. The molecular formula is C14H16O2. The Kier molecular flexibility index (Phi) is 2.82. The molecule has 0 saturated carbocycles. The van der Waals surface area contributed by atoms with Gasteiger partial charge in [-0.2, -0.15) is 0 Å². The van der Waals surface area contributed by atoms with E-state index in [1.807, 2.05) is 13.0 Å². The zero-order chi connectivity index (χ0) is 11.7. The molecule has 0 aliphatic rings. The van der Waals surface area contributed by atoms with Gasteiger partial charge in [0.25, 0.3) is 0 Å². The topological polar surface area (TPSA) is 30.2 Å². The van der Waals surface area contributed by atoms with Gasteiger partial charge >= 0.3 is 0 Å². The second kappa shape index (κ2) is 4.12. The van der Waals surface area contributed by atoms with E-state index >= 15 is 0 Å². The van der Waals surface area contributed by atoms with Gasteiger partial charge in [0.15, 0.2) is 11.5 Å². The summed E-state index contributed by atoms with van der Waals surface area (Å²) in [5.74, 6) is 0.481. The highest BCUT2D eigenvalue weighted by Gasteiger charge is 2.13. The van der Waals surface area contributed by atoms with Gasteiger partial charge in [0.05, 0.1) is 0 Å². The maximum atomic E-state index is 11.4. The number of aryl methyl sites for hydroxylation is 2. The minimum absolute atomic E-state index is 0.00857. The Morgan fingerprint density at radius 3 is 2.75 bits per heavy atom. The van der Waals surface area contributed by atoms with Gasteiger partial charge < -0.3 is 4.42 Å². The molecule has 1 aromatic heterocycles. The Hall–Kier alpha value is -1.57. The van der Waals surface area contributed by atoms with E-state index in [9.17, 15) is 4.79 Å². The Morgan fingerprint density at radius 2 is 2.12 bits per heavy atom. The van der Waals surface area contributed by atoms with Crippen LogP contribution in [-0.2, 0) is 6.42 Å². The fraction of sp³-hybridized carbons (Fsp3) is 0.357. The molecule has 0 saturated heterocycles. The number of Topliss-reactive ketones (excluding diaryl/α,β-unsaturated/α-hetero) is 1. The SMILES string of the molecule is CCCc1ccc2oc(C(C)=O)c(C)c2c1. The molecule has 0 amide bonds. The van der Waals surface area contributed by atoms with E-state index < -0.39 is 0 Å². The minimum atomic E-state index is -0.00857. The monoisotopic (exact) mass is 216 g/mol. The molecule has 16 heavy (non-hydrogen) atoms. The quantitative estimate of drug-likeness (QED) is 0.728. The van der Waals surface area contributed by atoms with Crippen molar-refractivity contribution in [2.24, 2.45) is 0 Å². The molecule has 0 N–H and O–H groups in total. The van der Waals surface area contributed by atoms with Gasteiger partial charge in [-0.25, -0.2) is 0 Å². The van der Waals surface area contributed by atoms with E-state index in [0.29, 0.717) is 5.76 Å². The maximum Gasteiger partial charge on any atom is 0.195 e. The van der Waals surface area contributed by atoms with E-state index in [-0.39, 0.29) is 5.78 Å². The Morgan fingerprint density at radius 1 is 1.38 bits per heavy atom. The summed E-state index contributed by atoms with van der Waals surface area (Å²) >= 11 is 0. The van der Waals surface area contributed by atoms with E-state index in [1.165, 1.54) is 12.5 Å². The fourth-order valence-corrected chi connectivity index (χ4v) is 2.05. The molecular weight excluding hydrogens is 200 g/mol. The van der Waals surface area contributed by atoms with Crippen molar-refractivity contribution in [3.05, 3.63) is 35.1 Å². The Bertz CT molecular complexity index is 535. The van der Waals surface area contributed by atoms with Gasteiger partial charge in [-0.1, -0.05) is 19.4 Å². The fourth-order valence-electron chi connectivity index (χ4n) is 2.05. The zero-order valence-electron chi connectivity index (χ0n) is 9.96. The third-order valence-corrected chi connectivity index (χ3v) is 2.86. The summed E-state index contributed by atoms with van der Waals surface area (Å²) < 4.78 is 5.54. The van der Waals surface area contributed by atoms with Crippen molar-refractivity contribution >= 4 is 16.8 Å². The molecule has 2 rings (SSSR count). The van der Waals surface area contributed by atoms with Crippen LogP contribution in [0.5, 0.6) is 0 Å². The van der Waals surface area contributed by atoms with E-state index in [4.69, 9.17) is 4.42 Å². The minimum Gasteiger partial charge on any atom is -0.453 e. The normalized spacial score (nSPS) is 10.9. The molecule has 0 fully saturated rings. The molecule has 2 heteroatoms. The first-order valence-electron chi connectivity index (χ1n) is 5.66. The molecule has 0 aliphatic carbocycles. The molecule has 0 atom stereocenters. The summed E-state index contributed by atoms with van der Waals surface area (Å²) in [7, 11) is 0. The number of carbonyl (C=O) groups excluding carboxylic acids is 1. The molecule has 0 bridgehead atoms. The smallest absolute Gasteiger partial charge is 0.195 e. The van der Waals surface area contributed by atoms with Crippen LogP contribution in [0, 0.1) is 6.92 Å². The third-order valence-electron chi connectivity index (χ3n) is 2.86. The van der Waals surface area contributed by atoms with Crippen LogP contribution in [-0.4, -0.2) is 5.78 Å². The largest absolute Gasteiger partial charge is 0.453 e. The highest BCUT2D eigenvalue weighted by molar-refractivity contribution is 5.98. The van der Waals surface area contributed by atoms with Crippen molar-refractivity contribution in [3.63, 3.8) is 0 Å². The highest BCUT2D eigenvalue weighted by Crippen LogP contribution is 2.26. The summed E-state index contributed by atoms with van der Waals surface area (Å²) in [4.78, 5) is 11.4. The molecule has 2 aromatic rings. The maximum absolute atomic E-state index is 11.4. The van der Waals surface area contributed by atoms with Crippen LogP contribution in [0.25, 0.3) is 11.0 Å². The van der Waals surface area contributed by atoms with Crippen molar-refractivity contribution in [1.82, 2.24) is 0 Å². The van der Waals surface area contributed by atoms with Gasteiger partial charge in [0, 0.05) is 17.9 Å². The van der Waals surface area contributed by atoms with Crippen LogP contribution < -0.4 is 0 Å². The van der Waals surface area contributed by atoms with E-state index in [0.717, 1.165) is 29.4 Å². The summed E-state index contributed by atoms with van der Waals surface area (Å²) in [6, 6.07) is 6.16. The number of rotatable bonds is 3. The average Bonchev–Trinajstić information content (AvgIpc) is 2.57.